The molecule has 3 atom stereocenters. The first-order valence-electron chi connectivity index (χ1n) is 6.01. The summed E-state index contributed by atoms with van der Waals surface area (Å²) in [5, 5.41) is 18.8. The van der Waals surface area contributed by atoms with Gasteiger partial charge in [-0.1, -0.05) is 18.7 Å². The van der Waals surface area contributed by atoms with E-state index in [1.54, 1.807) is 6.92 Å². The molecule has 106 valence electrons. The van der Waals surface area contributed by atoms with Crippen LogP contribution in [0, 0.1) is 5.92 Å². The van der Waals surface area contributed by atoms with Crippen molar-refractivity contribution in [1.29, 1.82) is 0 Å². The number of aliphatic hydroxyl groups excluding tert-OH is 1. The lowest BCUT2D eigenvalue weighted by molar-refractivity contribution is -0.157. The molecule has 8 heteroatoms. The zero-order chi connectivity index (χ0) is 14.2. The van der Waals surface area contributed by atoms with Crippen LogP contribution in [0.5, 0.6) is 0 Å². The summed E-state index contributed by atoms with van der Waals surface area (Å²) in [4.78, 5) is 24.6. The van der Waals surface area contributed by atoms with Crippen LogP contribution in [0.2, 0.25) is 0 Å². The first-order valence-corrected chi connectivity index (χ1v) is 7.87. The van der Waals surface area contributed by atoms with Gasteiger partial charge in [0, 0.05) is 12.3 Å². The third-order valence-corrected chi connectivity index (χ3v) is 5.82. The maximum Gasteiger partial charge on any atom is 0.354 e. The van der Waals surface area contributed by atoms with E-state index in [1.807, 2.05) is 0 Å². The molecule has 0 spiro atoms. The van der Waals surface area contributed by atoms with E-state index in [1.165, 1.54) is 28.4 Å². The molecule has 4 N–H and O–H groups in total. The monoisotopic (exact) mass is 304 g/mol. The largest absolute Gasteiger partial charge is 0.477 e. The van der Waals surface area contributed by atoms with E-state index in [0.29, 0.717) is 23.0 Å². The van der Waals surface area contributed by atoms with Crippen molar-refractivity contribution >= 4 is 35.4 Å². The van der Waals surface area contributed by atoms with E-state index in [0.717, 1.165) is 0 Å². The molecule has 1 amide bonds. The number of rotatable bonds is 6. The summed E-state index contributed by atoms with van der Waals surface area (Å²) < 4.78 is 0.613. The molecule has 2 heterocycles. The predicted octanol–water partition coefficient (Wildman–Crippen LogP) is 0.234. The highest BCUT2D eigenvalue weighted by Crippen LogP contribution is 2.53. The summed E-state index contributed by atoms with van der Waals surface area (Å²) in [6.07, 6.45) is -0.232. The number of carboxylic acid groups (broad SMARTS) is 1. The van der Waals surface area contributed by atoms with Gasteiger partial charge >= 0.3 is 5.97 Å². The van der Waals surface area contributed by atoms with Gasteiger partial charge in [-0.2, -0.15) is 0 Å². The number of aliphatic hydroxyl groups is 1. The molecule has 0 aromatic rings. The van der Waals surface area contributed by atoms with E-state index < -0.39 is 18.0 Å². The minimum absolute atomic E-state index is 0.0398. The zero-order valence-corrected chi connectivity index (χ0v) is 12.0. The maximum atomic E-state index is 12.0. The first-order chi connectivity index (χ1) is 9.02. The number of nitrogens with two attached hydrogens (primary N) is 1. The number of carbonyl (C=O) groups is 2. The van der Waals surface area contributed by atoms with E-state index in [2.05, 4.69) is 0 Å². The van der Waals surface area contributed by atoms with Crippen LogP contribution in [0.1, 0.15) is 13.3 Å². The number of thioether (sulfide) groups is 2. The van der Waals surface area contributed by atoms with Crippen molar-refractivity contribution in [2.75, 3.05) is 12.3 Å². The van der Waals surface area contributed by atoms with Gasteiger partial charge in [0.1, 0.15) is 5.37 Å². The second kappa shape index (κ2) is 5.74. The molecule has 0 bridgehead atoms. The van der Waals surface area contributed by atoms with Gasteiger partial charge in [0.2, 0.25) is 5.91 Å². The highest BCUT2D eigenvalue weighted by atomic mass is 32.2. The lowest BCUT2D eigenvalue weighted by Crippen LogP contribution is -2.61. The molecular weight excluding hydrogens is 288 g/mol. The van der Waals surface area contributed by atoms with Crippen molar-refractivity contribution in [1.82, 2.24) is 4.90 Å². The molecule has 1 saturated heterocycles. The number of β-lactam (4-membered cyclic amide) rings is 1. The quantitative estimate of drug-likeness (QED) is 0.604. The van der Waals surface area contributed by atoms with Crippen LogP contribution in [-0.2, 0) is 9.59 Å². The van der Waals surface area contributed by atoms with Crippen LogP contribution in [0.4, 0.5) is 0 Å². The van der Waals surface area contributed by atoms with E-state index in [4.69, 9.17) is 5.73 Å². The van der Waals surface area contributed by atoms with Crippen molar-refractivity contribution < 1.29 is 19.8 Å². The Hall–Kier alpha value is -0.700. The Balaban J connectivity index is 2.19. The molecule has 3 unspecified atom stereocenters. The lowest BCUT2D eigenvalue weighted by Gasteiger charge is -2.44. The first kappa shape index (κ1) is 14.7. The number of fused-ring (bicyclic) bond motifs is 1. The highest BCUT2D eigenvalue weighted by Gasteiger charge is 2.58. The zero-order valence-electron chi connectivity index (χ0n) is 10.4. The van der Waals surface area contributed by atoms with Crippen LogP contribution in [-0.4, -0.2) is 50.8 Å². The summed E-state index contributed by atoms with van der Waals surface area (Å²) in [7, 11) is 0. The van der Waals surface area contributed by atoms with Gasteiger partial charge in [0.25, 0.3) is 0 Å². The van der Waals surface area contributed by atoms with Gasteiger partial charge in [0.15, 0.2) is 5.70 Å². The Labute approximate surface area is 119 Å². The number of carbonyl (C=O) groups excluding carboxylic acids is 1. The Morgan fingerprint density at radius 1 is 1.63 bits per heavy atom. The normalized spacial score (nSPS) is 27.3. The van der Waals surface area contributed by atoms with Crippen LogP contribution >= 0.6 is 23.5 Å². The predicted molar refractivity (Wildman–Crippen MR) is 74.2 cm³/mol. The topological polar surface area (TPSA) is 104 Å². The number of hydrogen-bond acceptors (Lipinski definition) is 6. The van der Waals surface area contributed by atoms with Crippen LogP contribution in [0.25, 0.3) is 0 Å². The molecular formula is C11H16N2O4S2. The Morgan fingerprint density at radius 3 is 2.84 bits per heavy atom. The number of carboxylic acids is 1. The third-order valence-electron chi connectivity index (χ3n) is 3.13. The van der Waals surface area contributed by atoms with E-state index >= 15 is 0 Å². The van der Waals surface area contributed by atoms with Gasteiger partial charge in [0.05, 0.1) is 16.3 Å². The Morgan fingerprint density at radius 2 is 2.32 bits per heavy atom. The van der Waals surface area contributed by atoms with Crippen molar-refractivity contribution in [2.24, 2.45) is 11.7 Å². The summed E-state index contributed by atoms with van der Waals surface area (Å²) in [6, 6.07) is 0. The minimum atomic E-state index is -1.10. The molecule has 0 aromatic carbocycles. The van der Waals surface area contributed by atoms with Crippen LogP contribution in [0.3, 0.4) is 0 Å². The number of amides is 1. The highest BCUT2D eigenvalue weighted by molar-refractivity contribution is 8.22. The minimum Gasteiger partial charge on any atom is -0.477 e. The fourth-order valence-electron chi connectivity index (χ4n) is 2.17. The van der Waals surface area contributed by atoms with Crippen molar-refractivity contribution in [3.63, 3.8) is 0 Å². The Bertz CT molecular complexity index is 440. The van der Waals surface area contributed by atoms with Crippen LogP contribution < -0.4 is 5.73 Å². The molecule has 1 fully saturated rings. The maximum absolute atomic E-state index is 12.0. The van der Waals surface area contributed by atoms with Crippen molar-refractivity contribution in [2.45, 2.75) is 24.8 Å². The smallest absolute Gasteiger partial charge is 0.354 e. The molecule has 0 aliphatic carbocycles. The molecule has 6 nitrogen and oxygen atoms in total. The number of nitrogens with zero attached hydrogens (tertiary/aromatic N) is 1. The van der Waals surface area contributed by atoms with Crippen molar-refractivity contribution in [3.05, 3.63) is 9.93 Å². The third kappa shape index (κ3) is 2.37. The fraction of sp³-hybridized carbons (Fsp3) is 0.636. The number of hydrogen-bond donors (Lipinski definition) is 3. The SMILES string of the molecule is CCC(O)C1C(=O)N2C(C(=O)O)=C(SCCN)SC12. The summed E-state index contributed by atoms with van der Waals surface area (Å²) in [6.45, 7) is 2.25. The molecule has 0 aromatic heterocycles. The lowest BCUT2D eigenvalue weighted by atomic mass is 9.90. The van der Waals surface area contributed by atoms with Gasteiger partial charge in [-0.3, -0.25) is 9.69 Å². The average molecular weight is 304 g/mol. The summed E-state index contributed by atoms with van der Waals surface area (Å²) in [5.41, 5.74) is 5.46. The second-order valence-corrected chi connectivity index (χ2v) is 6.79. The van der Waals surface area contributed by atoms with E-state index in [-0.39, 0.29) is 17.0 Å². The molecule has 19 heavy (non-hydrogen) atoms. The molecule has 2 aliphatic heterocycles. The van der Waals surface area contributed by atoms with Gasteiger partial charge in [-0.05, 0) is 6.42 Å². The number of aliphatic carboxylic acids is 1. The fourth-order valence-corrected chi connectivity index (χ4v) is 4.89. The molecule has 0 saturated carbocycles. The van der Waals surface area contributed by atoms with Gasteiger partial charge in [-0.25, -0.2) is 4.79 Å². The van der Waals surface area contributed by atoms with E-state index in [9.17, 15) is 19.8 Å². The standard InChI is InChI=1S/C11H16N2O4S2/c1-2-5(14)6-8(15)13-7(10(16)17)11(18-4-3-12)19-9(6)13/h5-6,9,14H,2-4,12H2,1H3,(H,16,17). The van der Waals surface area contributed by atoms with Crippen molar-refractivity contribution in [3.8, 4) is 0 Å². The second-order valence-electron chi connectivity index (χ2n) is 4.30. The summed E-state index contributed by atoms with van der Waals surface area (Å²) >= 11 is 2.70. The van der Waals surface area contributed by atoms with Gasteiger partial charge in [-0.15, -0.1) is 11.8 Å². The molecule has 2 aliphatic rings. The van der Waals surface area contributed by atoms with Crippen LogP contribution in [0.15, 0.2) is 9.93 Å². The molecule has 0 radical (unpaired) electrons. The summed E-state index contributed by atoms with van der Waals surface area (Å²) in [5.74, 6) is -1.30. The van der Waals surface area contributed by atoms with Gasteiger partial charge < -0.3 is 15.9 Å². The molecule has 2 rings (SSSR count). The Kier molecular flexibility index (Phi) is 4.44. The average Bonchev–Trinajstić information content (AvgIpc) is 2.71.